The molecule has 0 aliphatic carbocycles. The van der Waals surface area contributed by atoms with Gasteiger partial charge in [0.05, 0.1) is 11.7 Å². The molecule has 0 aromatic heterocycles. The van der Waals surface area contributed by atoms with Crippen molar-refractivity contribution >= 4 is 0 Å². The van der Waals surface area contributed by atoms with Crippen LogP contribution in [-0.4, -0.2) is 18.3 Å². The summed E-state index contributed by atoms with van der Waals surface area (Å²) in [5.74, 6) is -1.37. The maximum atomic E-state index is 13.1. The smallest absolute Gasteiger partial charge is 0.383 e. The van der Waals surface area contributed by atoms with Gasteiger partial charge in [-0.1, -0.05) is 6.07 Å². The van der Waals surface area contributed by atoms with Crippen LogP contribution in [0.2, 0.25) is 0 Å². The fourth-order valence-electron chi connectivity index (χ4n) is 1.52. The van der Waals surface area contributed by atoms with E-state index in [2.05, 4.69) is 0 Å². The number of ether oxygens (including phenoxy) is 1. The average molecular weight is 266 g/mol. The van der Waals surface area contributed by atoms with Gasteiger partial charge in [-0.25, -0.2) is 4.39 Å². The third-order valence-corrected chi connectivity index (χ3v) is 3.00. The molecule has 6 heteroatoms. The Bertz CT molecular complexity index is 427. The summed E-state index contributed by atoms with van der Waals surface area (Å²) in [5.41, 5.74) is -3.09. The van der Waals surface area contributed by atoms with Gasteiger partial charge < -0.3 is 9.84 Å². The second-order valence-corrected chi connectivity index (χ2v) is 4.22. The first kappa shape index (κ1) is 14.9. The monoisotopic (exact) mass is 266 g/mol. The van der Waals surface area contributed by atoms with Crippen molar-refractivity contribution in [2.75, 3.05) is 7.11 Å². The molecule has 0 saturated carbocycles. The van der Waals surface area contributed by atoms with E-state index < -0.39 is 29.3 Å². The van der Waals surface area contributed by atoms with Crippen LogP contribution in [0.15, 0.2) is 18.2 Å². The molecule has 0 radical (unpaired) electrons. The molecule has 0 heterocycles. The summed E-state index contributed by atoms with van der Waals surface area (Å²) in [5, 5.41) is 10.1. The average Bonchev–Trinajstić information content (AvgIpc) is 2.26. The number of aliphatic hydroxyl groups is 1. The van der Waals surface area contributed by atoms with Crippen LogP contribution in [0.3, 0.4) is 0 Å². The van der Waals surface area contributed by atoms with Crippen LogP contribution >= 0.6 is 0 Å². The molecule has 1 aromatic rings. The molecule has 0 aliphatic heterocycles. The third-order valence-electron chi connectivity index (χ3n) is 3.00. The summed E-state index contributed by atoms with van der Waals surface area (Å²) in [6.07, 6.45) is -5.53. The Morgan fingerprint density at radius 3 is 2.28 bits per heavy atom. The number of rotatable bonds is 3. The van der Waals surface area contributed by atoms with Gasteiger partial charge in [0.15, 0.2) is 0 Å². The zero-order valence-corrected chi connectivity index (χ0v) is 10.2. The number of benzene rings is 1. The van der Waals surface area contributed by atoms with E-state index in [-0.39, 0.29) is 5.56 Å². The minimum Gasteiger partial charge on any atom is -0.383 e. The van der Waals surface area contributed by atoms with E-state index in [9.17, 15) is 22.7 Å². The summed E-state index contributed by atoms with van der Waals surface area (Å²) in [6.45, 7) is 2.82. The number of hydrogen-bond donors (Lipinski definition) is 1. The summed E-state index contributed by atoms with van der Waals surface area (Å²) in [6, 6.07) is 2.40. The summed E-state index contributed by atoms with van der Waals surface area (Å²) < 4.78 is 55.6. The Morgan fingerprint density at radius 1 is 1.28 bits per heavy atom. The molecular weight excluding hydrogens is 252 g/mol. The van der Waals surface area contributed by atoms with Crippen LogP contribution in [0.25, 0.3) is 0 Å². The SMILES string of the molecule is COC(C)C(C)(O)c1ccc(F)c(C(F)(F)F)c1. The van der Waals surface area contributed by atoms with Crippen molar-refractivity contribution in [3.63, 3.8) is 0 Å². The highest BCUT2D eigenvalue weighted by molar-refractivity contribution is 5.31. The van der Waals surface area contributed by atoms with Gasteiger partial charge in [-0.15, -0.1) is 0 Å². The van der Waals surface area contributed by atoms with Crippen molar-refractivity contribution in [1.29, 1.82) is 0 Å². The van der Waals surface area contributed by atoms with Gasteiger partial charge >= 0.3 is 6.18 Å². The first-order valence-electron chi connectivity index (χ1n) is 5.23. The molecule has 2 nitrogen and oxygen atoms in total. The Balaban J connectivity index is 3.29. The van der Waals surface area contributed by atoms with E-state index in [1.807, 2.05) is 0 Å². The predicted molar refractivity (Wildman–Crippen MR) is 57.4 cm³/mol. The van der Waals surface area contributed by atoms with E-state index in [1.165, 1.54) is 21.0 Å². The van der Waals surface area contributed by atoms with Gasteiger partial charge in [0.25, 0.3) is 0 Å². The topological polar surface area (TPSA) is 29.5 Å². The molecule has 1 rings (SSSR count). The van der Waals surface area contributed by atoms with Gasteiger partial charge in [0.1, 0.15) is 11.4 Å². The predicted octanol–water partition coefficient (Wildman–Crippen LogP) is 3.09. The molecule has 102 valence electrons. The molecule has 1 N–H and O–H groups in total. The van der Waals surface area contributed by atoms with Crippen molar-refractivity contribution in [2.45, 2.75) is 31.7 Å². The molecule has 1 aromatic carbocycles. The van der Waals surface area contributed by atoms with Crippen LogP contribution in [0.4, 0.5) is 17.6 Å². The van der Waals surface area contributed by atoms with Crippen LogP contribution in [0.5, 0.6) is 0 Å². The Labute approximate surface area is 102 Å². The lowest BCUT2D eigenvalue weighted by atomic mass is 9.89. The molecule has 0 fully saturated rings. The minimum atomic E-state index is -4.80. The molecule has 2 atom stereocenters. The number of hydrogen-bond acceptors (Lipinski definition) is 2. The Kier molecular flexibility index (Phi) is 4.02. The molecular formula is C12H14F4O2. The Morgan fingerprint density at radius 2 is 1.83 bits per heavy atom. The second kappa shape index (κ2) is 4.85. The zero-order chi connectivity index (χ0) is 14.1. The normalized spacial score (nSPS) is 17.3. The number of halogens is 4. The number of methoxy groups -OCH3 is 1. The van der Waals surface area contributed by atoms with Gasteiger partial charge in [0, 0.05) is 7.11 Å². The highest BCUT2D eigenvalue weighted by Gasteiger charge is 2.37. The van der Waals surface area contributed by atoms with Crippen molar-refractivity contribution < 1.29 is 27.4 Å². The van der Waals surface area contributed by atoms with Crippen molar-refractivity contribution in [3.8, 4) is 0 Å². The molecule has 2 unspecified atom stereocenters. The molecule has 0 bridgehead atoms. The van der Waals surface area contributed by atoms with Crippen molar-refractivity contribution in [2.24, 2.45) is 0 Å². The summed E-state index contributed by atoms with van der Waals surface area (Å²) in [4.78, 5) is 0. The largest absolute Gasteiger partial charge is 0.419 e. The van der Waals surface area contributed by atoms with Crippen LogP contribution in [0, 0.1) is 5.82 Å². The highest BCUT2D eigenvalue weighted by Crippen LogP contribution is 2.35. The van der Waals surface area contributed by atoms with Gasteiger partial charge in [0.2, 0.25) is 0 Å². The molecule has 0 aliphatic rings. The molecule has 0 saturated heterocycles. The standard InChI is InChI=1S/C12H14F4O2/c1-7(18-3)11(2,17)8-4-5-10(13)9(6-8)12(14,15)16/h4-7,17H,1-3H3. The lowest BCUT2D eigenvalue weighted by Crippen LogP contribution is -2.36. The first-order valence-corrected chi connectivity index (χ1v) is 5.23. The maximum absolute atomic E-state index is 13.1. The summed E-state index contributed by atoms with van der Waals surface area (Å²) in [7, 11) is 1.33. The van der Waals surface area contributed by atoms with Gasteiger partial charge in [-0.2, -0.15) is 13.2 Å². The van der Waals surface area contributed by atoms with Gasteiger partial charge in [-0.3, -0.25) is 0 Å². The van der Waals surface area contributed by atoms with E-state index in [0.717, 1.165) is 6.07 Å². The first-order chi connectivity index (χ1) is 8.10. The van der Waals surface area contributed by atoms with Crippen LogP contribution in [0.1, 0.15) is 25.0 Å². The minimum absolute atomic E-state index is 0.0504. The maximum Gasteiger partial charge on any atom is 0.419 e. The Hall–Kier alpha value is -1.14. The van der Waals surface area contributed by atoms with E-state index in [0.29, 0.717) is 12.1 Å². The lowest BCUT2D eigenvalue weighted by molar-refractivity contribution is -0.140. The fourth-order valence-corrected chi connectivity index (χ4v) is 1.52. The number of alkyl halides is 3. The lowest BCUT2D eigenvalue weighted by Gasteiger charge is -2.30. The van der Waals surface area contributed by atoms with E-state index >= 15 is 0 Å². The highest BCUT2D eigenvalue weighted by atomic mass is 19.4. The second-order valence-electron chi connectivity index (χ2n) is 4.22. The zero-order valence-electron chi connectivity index (χ0n) is 10.2. The molecule has 0 amide bonds. The third kappa shape index (κ3) is 2.81. The quantitative estimate of drug-likeness (QED) is 0.852. The van der Waals surface area contributed by atoms with E-state index in [1.54, 1.807) is 0 Å². The van der Waals surface area contributed by atoms with Crippen molar-refractivity contribution in [3.05, 3.63) is 35.1 Å². The van der Waals surface area contributed by atoms with E-state index in [4.69, 9.17) is 4.74 Å². The van der Waals surface area contributed by atoms with Crippen LogP contribution < -0.4 is 0 Å². The molecule has 0 spiro atoms. The van der Waals surface area contributed by atoms with Crippen molar-refractivity contribution in [1.82, 2.24) is 0 Å². The molecule has 18 heavy (non-hydrogen) atoms. The van der Waals surface area contributed by atoms with Gasteiger partial charge in [-0.05, 0) is 31.5 Å². The fraction of sp³-hybridized carbons (Fsp3) is 0.500. The van der Waals surface area contributed by atoms with Crippen LogP contribution in [-0.2, 0) is 16.5 Å². The summed E-state index contributed by atoms with van der Waals surface area (Å²) >= 11 is 0.